The maximum atomic E-state index is 11.5. The normalized spacial score (nSPS) is 9.65. The molecule has 0 unspecified atom stereocenters. The van der Waals surface area contributed by atoms with E-state index in [1.165, 1.54) is 22.3 Å². The second-order valence-corrected chi connectivity index (χ2v) is 6.08. The Bertz CT molecular complexity index is 548. The Balaban J connectivity index is 0.00000146. The van der Waals surface area contributed by atoms with Crippen molar-refractivity contribution < 1.29 is 9.90 Å². The summed E-state index contributed by atoms with van der Waals surface area (Å²) in [5.41, 5.74) is 4.90. The molecule has 0 aliphatic heterocycles. The summed E-state index contributed by atoms with van der Waals surface area (Å²) in [6.07, 6.45) is 3.05. The number of benzene rings is 2. The van der Waals surface area contributed by atoms with Crippen LogP contribution in [0.5, 0.6) is 0 Å². The predicted molar refractivity (Wildman–Crippen MR) is 113 cm³/mol. The van der Waals surface area contributed by atoms with Gasteiger partial charge in [-0.25, -0.2) is 0 Å². The van der Waals surface area contributed by atoms with Gasteiger partial charge in [0.25, 0.3) is 0 Å². The standard InChI is InChI=1S/C20H24O2.2C2H6/c1-15-3-7-17(8-4-15)11-13-19(20(21)22)14-12-18-9-5-16(2)6-10-18;2*1-2/h3-10,19H,11-14H2,1-2H3,(H,21,22);2*1-2H3. The summed E-state index contributed by atoms with van der Waals surface area (Å²) in [5, 5.41) is 9.42. The molecular weight excluding hydrogens is 320 g/mol. The number of carboxylic acid groups (broad SMARTS) is 1. The minimum Gasteiger partial charge on any atom is -0.481 e. The molecule has 0 radical (unpaired) electrons. The molecule has 2 aromatic carbocycles. The van der Waals surface area contributed by atoms with Crippen LogP contribution < -0.4 is 0 Å². The number of hydrogen-bond acceptors (Lipinski definition) is 1. The Hall–Kier alpha value is -2.09. The van der Waals surface area contributed by atoms with Crippen molar-refractivity contribution in [3.05, 3.63) is 70.8 Å². The molecule has 0 spiro atoms. The third-order valence-corrected chi connectivity index (χ3v) is 4.15. The summed E-state index contributed by atoms with van der Waals surface area (Å²) in [6.45, 7) is 12.1. The van der Waals surface area contributed by atoms with Gasteiger partial charge in [-0.15, -0.1) is 0 Å². The molecule has 0 heterocycles. The Morgan fingerprint density at radius 1 is 0.731 bits per heavy atom. The van der Waals surface area contributed by atoms with Crippen molar-refractivity contribution >= 4 is 5.97 Å². The van der Waals surface area contributed by atoms with Crippen LogP contribution in [0.25, 0.3) is 0 Å². The van der Waals surface area contributed by atoms with Gasteiger partial charge in [-0.1, -0.05) is 87.4 Å². The van der Waals surface area contributed by atoms with Crippen molar-refractivity contribution in [1.82, 2.24) is 0 Å². The van der Waals surface area contributed by atoms with E-state index in [-0.39, 0.29) is 5.92 Å². The first-order valence-electron chi connectivity index (χ1n) is 9.88. The Morgan fingerprint density at radius 2 is 1.04 bits per heavy atom. The van der Waals surface area contributed by atoms with Crippen LogP contribution in [0.2, 0.25) is 0 Å². The molecular formula is C24H36O2. The van der Waals surface area contributed by atoms with Crippen LogP contribution in [-0.2, 0) is 17.6 Å². The van der Waals surface area contributed by atoms with Gasteiger partial charge in [0.2, 0.25) is 0 Å². The SMILES string of the molecule is CC.CC.Cc1ccc(CCC(CCc2ccc(C)cc2)C(=O)O)cc1. The number of carbonyl (C=O) groups is 1. The summed E-state index contributed by atoms with van der Waals surface area (Å²) in [5.74, 6) is -0.957. The molecule has 0 saturated carbocycles. The molecule has 0 aliphatic carbocycles. The van der Waals surface area contributed by atoms with Gasteiger partial charge in [-0.3, -0.25) is 4.79 Å². The van der Waals surface area contributed by atoms with Crippen LogP contribution in [0.4, 0.5) is 0 Å². The van der Waals surface area contributed by atoms with E-state index in [1.54, 1.807) is 0 Å². The highest BCUT2D eigenvalue weighted by Gasteiger charge is 2.17. The maximum absolute atomic E-state index is 11.5. The second-order valence-electron chi connectivity index (χ2n) is 6.08. The fourth-order valence-electron chi connectivity index (χ4n) is 2.58. The zero-order valence-electron chi connectivity index (χ0n) is 17.4. The van der Waals surface area contributed by atoms with E-state index in [1.807, 2.05) is 27.7 Å². The van der Waals surface area contributed by atoms with Gasteiger partial charge < -0.3 is 5.11 Å². The van der Waals surface area contributed by atoms with Crippen LogP contribution >= 0.6 is 0 Å². The molecule has 0 bridgehead atoms. The second kappa shape index (κ2) is 14.1. The lowest BCUT2D eigenvalue weighted by Crippen LogP contribution is -2.15. The van der Waals surface area contributed by atoms with Gasteiger partial charge in [0.15, 0.2) is 0 Å². The molecule has 26 heavy (non-hydrogen) atoms. The van der Waals surface area contributed by atoms with Crippen molar-refractivity contribution in [3.8, 4) is 0 Å². The van der Waals surface area contributed by atoms with Gasteiger partial charge in [-0.05, 0) is 50.7 Å². The lowest BCUT2D eigenvalue weighted by molar-refractivity contribution is -0.142. The fraction of sp³-hybridized carbons (Fsp3) is 0.458. The number of carboxylic acids is 1. The first-order chi connectivity index (χ1) is 12.5. The van der Waals surface area contributed by atoms with Crippen molar-refractivity contribution in [1.29, 1.82) is 0 Å². The molecule has 2 rings (SSSR count). The van der Waals surface area contributed by atoms with Gasteiger partial charge in [0.05, 0.1) is 5.92 Å². The van der Waals surface area contributed by atoms with E-state index in [4.69, 9.17) is 0 Å². The molecule has 0 aromatic heterocycles. The van der Waals surface area contributed by atoms with Crippen LogP contribution in [-0.4, -0.2) is 11.1 Å². The maximum Gasteiger partial charge on any atom is 0.306 e. The van der Waals surface area contributed by atoms with Gasteiger partial charge in [-0.2, -0.15) is 0 Å². The number of aryl methyl sites for hydroxylation is 4. The highest BCUT2D eigenvalue weighted by atomic mass is 16.4. The van der Waals surface area contributed by atoms with Crippen molar-refractivity contribution in [2.45, 2.75) is 67.2 Å². The smallest absolute Gasteiger partial charge is 0.306 e. The number of aliphatic carboxylic acids is 1. The molecule has 1 N–H and O–H groups in total. The first kappa shape index (κ1) is 23.9. The van der Waals surface area contributed by atoms with Crippen LogP contribution in [0, 0.1) is 19.8 Å². The van der Waals surface area contributed by atoms with Gasteiger partial charge >= 0.3 is 5.97 Å². The highest BCUT2D eigenvalue weighted by Crippen LogP contribution is 2.17. The van der Waals surface area contributed by atoms with Crippen LogP contribution in [0.3, 0.4) is 0 Å². The van der Waals surface area contributed by atoms with E-state index >= 15 is 0 Å². The minimum atomic E-state index is -0.681. The van der Waals surface area contributed by atoms with Gasteiger partial charge in [0.1, 0.15) is 0 Å². The predicted octanol–water partition coefficient (Wildman–Crippen LogP) is 6.62. The zero-order chi connectivity index (χ0) is 19.9. The van der Waals surface area contributed by atoms with Crippen LogP contribution in [0.1, 0.15) is 62.8 Å². The molecule has 2 aromatic rings. The summed E-state index contributed by atoms with van der Waals surface area (Å²) in [4.78, 5) is 11.5. The fourth-order valence-corrected chi connectivity index (χ4v) is 2.58. The van der Waals surface area contributed by atoms with Crippen molar-refractivity contribution in [2.24, 2.45) is 5.92 Å². The lowest BCUT2D eigenvalue weighted by atomic mass is 9.93. The summed E-state index contributed by atoms with van der Waals surface area (Å²) < 4.78 is 0. The van der Waals surface area contributed by atoms with Crippen molar-refractivity contribution in [3.63, 3.8) is 0 Å². The topological polar surface area (TPSA) is 37.3 Å². The molecule has 0 amide bonds. The summed E-state index contributed by atoms with van der Waals surface area (Å²) in [6, 6.07) is 16.7. The highest BCUT2D eigenvalue weighted by molar-refractivity contribution is 5.70. The zero-order valence-corrected chi connectivity index (χ0v) is 17.4. The van der Waals surface area contributed by atoms with Crippen LogP contribution in [0.15, 0.2) is 48.5 Å². The van der Waals surface area contributed by atoms with E-state index in [9.17, 15) is 9.90 Å². The molecule has 0 aliphatic rings. The van der Waals surface area contributed by atoms with Crippen molar-refractivity contribution in [2.75, 3.05) is 0 Å². The summed E-state index contributed by atoms with van der Waals surface area (Å²) in [7, 11) is 0. The molecule has 144 valence electrons. The number of rotatable bonds is 7. The minimum absolute atomic E-state index is 0.275. The van der Waals surface area contributed by atoms with E-state index in [0.29, 0.717) is 12.8 Å². The first-order valence-corrected chi connectivity index (χ1v) is 9.88. The third kappa shape index (κ3) is 9.41. The molecule has 0 saturated heterocycles. The largest absolute Gasteiger partial charge is 0.481 e. The monoisotopic (exact) mass is 356 g/mol. The Labute approximate surface area is 160 Å². The molecule has 0 atom stereocenters. The Kier molecular flexibility index (Phi) is 13.0. The van der Waals surface area contributed by atoms with E-state index < -0.39 is 5.97 Å². The number of hydrogen-bond donors (Lipinski definition) is 1. The van der Waals surface area contributed by atoms with E-state index in [2.05, 4.69) is 62.4 Å². The summed E-state index contributed by atoms with van der Waals surface area (Å²) >= 11 is 0. The third-order valence-electron chi connectivity index (χ3n) is 4.15. The Morgan fingerprint density at radius 3 is 1.31 bits per heavy atom. The molecule has 0 fully saturated rings. The quantitative estimate of drug-likeness (QED) is 0.605. The van der Waals surface area contributed by atoms with Gasteiger partial charge in [0, 0.05) is 0 Å². The molecule has 2 nitrogen and oxygen atoms in total. The van der Waals surface area contributed by atoms with E-state index in [0.717, 1.165) is 12.8 Å². The molecule has 2 heteroatoms. The lowest BCUT2D eigenvalue weighted by Gasteiger charge is -2.12. The average molecular weight is 357 g/mol. The average Bonchev–Trinajstić information content (AvgIpc) is 2.67.